The lowest BCUT2D eigenvalue weighted by Crippen LogP contribution is -2.22. The van der Waals surface area contributed by atoms with Crippen LogP contribution in [0.2, 0.25) is 0 Å². The van der Waals surface area contributed by atoms with Gasteiger partial charge < -0.3 is 9.47 Å². The average molecular weight is 495 g/mol. The molecule has 0 radical (unpaired) electrons. The minimum absolute atomic E-state index is 0.0606. The Hall–Kier alpha value is -3.45. The summed E-state index contributed by atoms with van der Waals surface area (Å²) >= 11 is 0. The van der Waals surface area contributed by atoms with Crippen LogP contribution >= 0.6 is 0 Å². The van der Waals surface area contributed by atoms with Crippen LogP contribution in [-0.4, -0.2) is 32.8 Å². The van der Waals surface area contributed by atoms with Crippen LogP contribution in [0.25, 0.3) is 11.1 Å². The highest BCUT2D eigenvalue weighted by molar-refractivity contribution is 7.92. The van der Waals surface area contributed by atoms with Crippen molar-refractivity contribution in [3.05, 3.63) is 72.3 Å². The van der Waals surface area contributed by atoms with Gasteiger partial charge in [0.05, 0.1) is 7.11 Å². The molecule has 0 saturated heterocycles. The van der Waals surface area contributed by atoms with Crippen LogP contribution in [-0.2, 0) is 14.6 Å². The van der Waals surface area contributed by atoms with E-state index < -0.39 is 21.4 Å². The Morgan fingerprint density at radius 2 is 1.54 bits per heavy atom. The highest BCUT2D eigenvalue weighted by atomic mass is 32.2. The van der Waals surface area contributed by atoms with Crippen molar-refractivity contribution in [3.63, 3.8) is 0 Å². The van der Waals surface area contributed by atoms with Crippen molar-refractivity contribution in [2.45, 2.75) is 39.0 Å². The highest BCUT2D eigenvalue weighted by Crippen LogP contribution is 2.33. The number of methoxy groups -OCH3 is 1. The van der Waals surface area contributed by atoms with E-state index in [0.29, 0.717) is 5.75 Å². The van der Waals surface area contributed by atoms with Gasteiger partial charge in [-0.2, -0.15) is 0 Å². The normalized spacial score (nSPS) is 11.7. The predicted molar refractivity (Wildman–Crippen MR) is 136 cm³/mol. The maximum Gasteiger partial charge on any atom is 0.189 e. The zero-order chi connectivity index (χ0) is 25.8. The van der Waals surface area contributed by atoms with Crippen molar-refractivity contribution < 1.29 is 27.5 Å². The van der Waals surface area contributed by atoms with Gasteiger partial charge in [0.1, 0.15) is 33.7 Å². The number of Topliss-reactive ketones (excluding diaryl/α,β-unsaturated/α-hetero) is 2. The molecule has 0 heterocycles. The van der Waals surface area contributed by atoms with E-state index in [4.69, 9.17) is 9.47 Å². The maximum absolute atomic E-state index is 13.2. The lowest BCUT2D eigenvalue weighted by molar-refractivity contribution is -0.118. The van der Waals surface area contributed by atoms with Gasteiger partial charge in [0.25, 0.3) is 0 Å². The molecule has 3 aromatic carbocycles. The Kier molecular flexibility index (Phi) is 7.80. The molecule has 0 aromatic heterocycles. The highest BCUT2D eigenvalue weighted by Gasteiger charge is 2.27. The Labute approximate surface area is 206 Å². The van der Waals surface area contributed by atoms with Crippen LogP contribution in [0.1, 0.15) is 44.5 Å². The van der Waals surface area contributed by atoms with Crippen LogP contribution in [0.4, 0.5) is 0 Å². The number of benzene rings is 3. The molecule has 0 spiro atoms. The Bertz CT molecular complexity index is 1330. The fraction of sp³-hybridized carbons (Fsp3) is 0.286. The van der Waals surface area contributed by atoms with Gasteiger partial charge in [-0.15, -0.1) is 0 Å². The summed E-state index contributed by atoms with van der Waals surface area (Å²) in [7, 11) is -2.45. The molecule has 6 nitrogen and oxygen atoms in total. The van der Waals surface area contributed by atoms with Gasteiger partial charge in [-0.25, -0.2) is 8.42 Å². The van der Waals surface area contributed by atoms with Gasteiger partial charge >= 0.3 is 0 Å². The van der Waals surface area contributed by atoms with Crippen LogP contribution < -0.4 is 9.47 Å². The van der Waals surface area contributed by atoms with Gasteiger partial charge in [-0.05, 0) is 65.9 Å². The van der Waals surface area contributed by atoms with Gasteiger partial charge in [0, 0.05) is 12.0 Å². The topological polar surface area (TPSA) is 86.7 Å². The average Bonchev–Trinajstić information content (AvgIpc) is 2.77. The number of hydrogen-bond donors (Lipinski definition) is 0. The van der Waals surface area contributed by atoms with E-state index in [9.17, 15) is 18.0 Å². The number of hydrogen-bond acceptors (Lipinski definition) is 6. The van der Waals surface area contributed by atoms with Gasteiger partial charge in [0.15, 0.2) is 15.6 Å². The smallest absolute Gasteiger partial charge is 0.189 e. The minimum Gasteiger partial charge on any atom is -0.497 e. The molecule has 0 N–H and O–H groups in total. The van der Waals surface area contributed by atoms with E-state index in [2.05, 4.69) is 0 Å². The summed E-state index contributed by atoms with van der Waals surface area (Å²) in [6, 6.07) is 19.0. The Balaban J connectivity index is 1.96. The number of rotatable bonds is 9. The third-order valence-electron chi connectivity index (χ3n) is 5.25. The zero-order valence-corrected chi connectivity index (χ0v) is 21.4. The third kappa shape index (κ3) is 7.02. The molecule has 0 fully saturated rings. The second kappa shape index (κ2) is 10.4. The summed E-state index contributed by atoms with van der Waals surface area (Å²) in [5.74, 6) is -0.110. The van der Waals surface area contributed by atoms with Crippen molar-refractivity contribution in [2.24, 2.45) is 5.41 Å². The molecular weight excluding hydrogens is 464 g/mol. The molecule has 35 heavy (non-hydrogen) atoms. The standard InChI is InChI=1S/C28H30O6S/c1-19(29)21-11-14-26(27(16-21)35(31,32)18-23(30)17-28(2,3)4)34-25-8-6-7-22(15-25)20-9-12-24(33-5)13-10-20/h6-16H,17-18H2,1-5H3. The van der Waals surface area contributed by atoms with E-state index in [1.807, 2.05) is 51.1 Å². The largest absolute Gasteiger partial charge is 0.497 e. The quantitative estimate of drug-likeness (QED) is 0.332. The first-order valence-corrected chi connectivity index (χ1v) is 12.8. The number of carbonyl (C=O) groups is 2. The van der Waals surface area contributed by atoms with E-state index in [-0.39, 0.29) is 33.8 Å². The molecule has 0 amide bonds. The van der Waals surface area contributed by atoms with Crippen molar-refractivity contribution >= 4 is 21.4 Å². The summed E-state index contributed by atoms with van der Waals surface area (Å²) in [4.78, 5) is 24.2. The van der Waals surface area contributed by atoms with Crippen LogP contribution in [0.15, 0.2) is 71.6 Å². The van der Waals surface area contributed by atoms with Crippen molar-refractivity contribution in [1.82, 2.24) is 0 Å². The third-order valence-corrected chi connectivity index (χ3v) is 6.94. The number of ether oxygens (including phenoxy) is 2. The lowest BCUT2D eigenvalue weighted by Gasteiger charge is -2.17. The van der Waals surface area contributed by atoms with E-state index in [1.54, 1.807) is 25.3 Å². The van der Waals surface area contributed by atoms with Crippen LogP contribution in [0.5, 0.6) is 17.2 Å². The van der Waals surface area contributed by atoms with Gasteiger partial charge in [0.2, 0.25) is 0 Å². The summed E-state index contributed by atoms with van der Waals surface area (Å²) in [5.41, 5.74) is 1.69. The summed E-state index contributed by atoms with van der Waals surface area (Å²) < 4.78 is 37.7. The van der Waals surface area contributed by atoms with Crippen molar-refractivity contribution in [2.75, 3.05) is 12.9 Å². The zero-order valence-electron chi connectivity index (χ0n) is 20.6. The fourth-order valence-electron chi connectivity index (χ4n) is 3.64. The Morgan fingerprint density at radius 3 is 2.14 bits per heavy atom. The molecule has 0 aliphatic rings. The molecule has 3 aromatic rings. The molecule has 0 atom stereocenters. The first-order valence-electron chi connectivity index (χ1n) is 11.2. The monoisotopic (exact) mass is 494 g/mol. The van der Waals surface area contributed by atoms with E-state index >= 15 is 0 Å². The molecule has 7 heteroatoms. The predicted octanol–water partition coefficient (Wildman–Crippen LogP) is 6.14. The summed E-state index contributed by atoms with van der Waals surface area (Å²) in [5, 5.41) is 0. The minimum atomic E-state index is -4.05. The Morgan fingerprint density at radius 1 is 0.857 bits per heavy atom. The molecule has 184 valence electrons. The SMILES string of the molecule is COc1ccc(-c2cccc(Oc3ccc(C(C)=O)cc3S(=O)(=O)CC(=O)CC(C)(C)C)c2)cc1. The van der Waals surface area contributed by atoms with Gasteiger partial charge in [-0.3, -0.25) is 9.59 Å². The molecule has 0 aliphatic heterocycles. The number of sulfone groups is 1. The molecular formula is C28H30O6S. The number of carbonyl (C=O) groups excluding carboxylic acids is 2. The lowest BCUT2D eigenvalue weighted by atomic mass is 9.90. The molecule has 0 unspecified atom stereocenters. The van der Waals surface area contributed by atoms with Gasteiger partial charge in [-0.1, -0.05) is 45.0 Å². The summed E-state index contributed by atoms with van der Waals surface area (Å²) in [6.45, 7) is 6.98. The van der Waals surface area contributed by atoms with Crippen LogP contribution in [0.3, 0.4) is 0 Å². The fourth-order valence-corrected chi connectivity index (χ4v) is 5.04. The first-order chi connectivity index (χ1) is 16.4. The van der Waals surface area contributed by atoms with E-state index in [1.165, 1.54) is 25.1 Å². The second-order valence-electron chi connectivity index (χ2n) is 9.61. The molecule has 3 rings (SSSR count). The molecule has 0 bridgehead atoms. The van der Waals surface area contributed by atoms with E-state index in [0.717, 1.165) is 16.9 Å². The number of ketones is 2. The first kappa shape index (κ1) is 26.2. The van der Waals surface area contributed by atoms with Crippen molar-refractivity contribution in [1.29, 1.82) is 0 Å². The van der Waals surface area contributed by atoms with Crippen molar-refractivity contribution in [3.8, 4) is 28.4 Å². The second-order valence-corrected chi connectivity index (χ2v) is 11.6. The molecule has 0 aliphatic carbocycles. The van der Waals surface area contributed by atoms with Crippen LogP contribution in [0, 0.1) is 5.41 Å². The summed E-state index contributed by atoms with van der Waals surface area (Å²) in [6.07, 6.45) is 0.124. The molecule has 0 saturated carbocycles. The maximum atomic E-state index is 13.2.